The summed E-state index contributed by atoms with van der Waals surface area (Å²) in [7, 11) is 0. The molecule has 7 heteroatoms. The van der Waals surface area contributed by atoms with Gasteiger partial charge in [0.25, 0.3) is 0 Å². The first-order valence-corrected chi connectivity index (χ1v) is 19.0. The Labute approximate surface area is 284 Å². The third-order valence-electron chi connectivity index (χ3n) is 12.4. The fraction of sp³-hybridized carbons (Fsp3) is 0.825. The van der Waals surface area contributed by atoms with E-state index in [0.29, 0.717) is 30.4 Å². The van der Waals surface area contributed by atoms with Crippen LogP contribution in [0.1, 0.15) is 157 Å². The van der Waals surface area contributed by atoms with Gasteiger partial charge >= 0.3 is 11.9 Å². The molecule has 0 heterocycles. The lowest BCUT2D eigenvalue weighted by atomic mass is 9.60. The zero-order valence-corrected chi connectivity index (χ0v) is 30.3. The normalized spacial score (nSPS) is 33.6. The molecular weight excluding hydrogens is 592 g/mol. The molecule has 2 N–H and O–H groups in total. The highest BCUT2D eigenvalue weighted by molar-refractivity contribution is 6.04. The maximum atomic E-state index is 13.5. The second kappa shape index (κ2) is 15.7. The first kappa shape index (κ1) is 37.8. The Hall–Kier alpha value is -1.99. The summed E-state index contributed by atoms with van der Waals surface area (Å²) >= 11 is 0. The van der Waals surface area contributed by atoms with Crippen LogP contribution in [0.4, 0.5) is 0 Å². The van der Waals surface area contributed by atoms with Gasteiger partial charge in [-0.15, -0.1) is 0 Å². The van der Waals surface area contributed by atoms with Gasteiger partial charge in [0, 0.05) is 42.4 Å². The number of Topliss-reactive ketones (excluding diaryl/α,β-unsaturated/α-hetero) is 1. The molecule has 7 atom stereocenters. The number of carbonyl (C=O) groups excluding carboxylic acids is 3. The number of ketones is 1. The maximum Gasteiger partial charge on any atom is 0.306 e. The molecule has 2 saturated carbocycles. The van der Waals surface area contributed by atoms with E-state index >= 15 is 0 Å². The van der Waals surface area contributed by atoms with Gasteiger partial charge in [-0.1, -0.05) is 124 Å². The lowest BCUT2D eigenvalue weighted by Crippen LogP contribution is -2.61. The Morgan fingerprint density at radius 1 is 0.830 bits per heavy atom. The summed E-state index contributed by atoms with van der Waals surface area (Å²) in [6.45, 7) is 12.2. The number of esters is 2. The van der Waals surface area contributed by atoms with E-state index in [9.17, 15) is 24.6 Å². The average molecular weight is 657 g/mol. The summed E-state index contributed by atoms with van der Waals surface area (Å²) in [5.41, 5.74) is -3.30. The molecule has 0 aliphatic heterocycles. The number of carbonyl (C=O) groups is 3. The summed E-state index contributed by atoms with van der Waals surface area (Å²) in [6.07, 6.45) is 20.5. The minimum Gasteiger partial charge on any atom is -0.461 e. The molecule has 0 saturated heterocycles. The standard InChI is InChI=1S/C40H64O7/c1-7-9-11-13-15-17-19-21-33(41)46-27-30-24-31-35-37(5,6)39(35,47-34(42)22-20-18-16-14-12-10-8-2)25-29(4)40(31,45)32-23-28(3)36(43)38(32,44)26-30/h23-24,29,31-32,35,44-45H,7-22,25-27H2,1-6H3/t29-,31+,32-,35-,38-,39+,40-/m1/s1. The summed E-state index contributed by atoms with van der Waals surface area (Å²) in [5, 5.41) is 24.8. The highest BCUT2D eigenvalue weighted by Gasteiger charge is 2.83. The Morgan fingerprint density at radius 2 is 1.36 bits per heavy atom. The first-order chi connectivity index (χ1) is 22.3. The van der Waals surface area contributed by atoms with E-state index in [2.05, 4.69) is 27.7 Å². The highest BCUT2D eigenvalue weighted by Crippen LogP contribution is 2.76. The molecule has 2 fully saturated rings. The fourth-order valence-electron chi connectivity index (χ4n) is 9.54. The summed E-state index contributed by atoms with van der Waals surface area (Å²) in [5.74, 6) is -2.70. The van der Waals surface area contributed by atoms with Crippen LogP contribution in [-0.4, -0.2) is 51.3 Å². The first-order valence-electron chi connectivity index (χ1n) is 19.0. The predicted octanol–water partition coefficient (Wildman–Crippen LogP) is 8.34. The minimum absolute atomic E-state index is 0.00122. The van der Waals surface area contributed by atoms with Crippen molar-refractivity contribution in [2.45, 2.75) is 174 Å². The Balaban J connectivity index is 1.48. The largest absolute Gasteiger partial charge is 0.461 e. The molecule has 4 aliphatic rings. The molecule has 0 amide bonds. The molecule has 0 radical (unpaired) electrons. The van der Waals surface area contributed by atoms with Crippen LogP contribution in [0.2, 0.25) is 0 Å². The summed E-state index contributed by atoms with van der Waals surface area (Å²) in [6, 6.07) is 0. The maximum absolute atomic E-state index is 13.5. The van der Waals surface area contributed by atoms with Gasteiger partial charge < -0.3 is 19.7 Å². The van der Waals surface area contributed by atoms with Crippen molar-refractivity contribution < 1.29 is 34.1 Å². The number of aliphatic hydroxyl groups is 2. The van der Waals surface area contributed by atoms with Crippen molar-refractivity contribution in [3.05, 3.63) is 23.3 Å². The zero-order chi connectivity index (χ0) is 34.5. The van der Waals surface area contributed by atoms with Crippen LogP contribution in [0.3, 0.4) is 0 Å². The van der Waals surface area contributed by atoms with Crippen molar-refractivity contribution in [2.24, 2.45) is 29.1 Å². The number of rotatable bonds is 19. The van der Waals surface area contributed by atoms with Crippen molar-refractivity contribution in [3.8, 4) is 0 Å². The third-order valence-corrected chi connectivity index (χ3v) is 12.4. The van der Waals surface area contributed by atoms with Crippen molar-refractivity contribution in [1.29, 1.82) is 0 Å². The van der Waals surface area contributed by atoms with Crippen molar-refractivity contribution >= 4 is 17.7 Å². The number of fused-ring (bicyclic) bond motifs is 5. The van der Waals surface area contributed by atoms with Gasteiger partial charge in [-0.25, -0.2) is 0 Å². The lowest BCUT2D eigenvalue weighted by molar-refractivity contribution is -0.187. The van der Waals surface area contributed by atoms with E-state index < -0.39 is 34.1 Å². The minimum atomic E-state index is -1.81. The molecule has 266 valence electrons. The molecular formula is C40H64O7. The third kappa shape index (κ3) is 7.61. The predicted molar refractivity (Wildman–Crippen MR) is 184 cm³/mol. The number of ether oxygens (including phenoxy) is 2. The quantitative estimate of drug-likeness (QED) is 0.0817. The van der Waals surface area contributed by atoms with Crippen LogP contribution in [0.15, 0.2) is 23.3 Å². The Kier molecular flexibility index (Phi) is 12.6. The molecule has 0 aromatic rings. The smallest absolute Gasteiger partial charge is 0.306 e. The molecule has 0 spiro atoms. The monoisotopic (exact) mass is 656 g/mol. The summed E-state index contributed by atoms with van der Waals surface area (Å²) < 4.78 is 12.1. The molecule has 4 rings (SSSR count). The van der Waals surface area contributed by atoms with Crippen LogP contribution in [-0.2, 0) is 23.9 Å². The van der Waals surface area contributed by atoms with Crippen LogP contribution in [0.5, 0.6) is 0 Å². The van der Waals surface area contributed by atoms with Gasteiger partial charge in [0.2, 0.25) is 0 Å². The zero-order valence-electron chi connectivity index (χ0n) is 30.3. The van der Waals surface area contributed by atoms with Gasteiger partial charge in [0.05, 0.1) is 5.60 Å². The van der Waals surface area contributed by atoms with Crippen molar-refractivity contribution in [3.63, 3.8) is 0 Å². The summed E-state index contributed by atoms with van der Waals surface area (Å²) in [4.78, 5) is 39.5. The molecule has 7 nitrogen and oxygen atoms in total. The van der Waals surface area contributed by atoms with Crippen LogP contribution in [0.25, 0.3) is 0 Å². The molecule has 0 aromatic heterocycles. The van der Waals surface area contributed by atoms with Crippen molar-refractivity contribution in [2.75, 3.05) is 6.61 Å². The SMILES string of the molecule is CCCCCCCCCC(=O)OCC1=C[C@H]2[C@@H]3C(C)(C)[C@]3(OC(=O)CCCCCCCCC)C[C@@H](C)[C@]2(O)[C@@H]2C=C(C)C(=O)[C@@]2(O)C1. The van der Waals surface area contributed by atoms with Crippen LogP contribution < -0.4 is 0 Å². The lowest BCUT2D eigenvalue weighted by Gasteiger charge is -2.50. The number of hydrogen-bond donors (Lipinski definition) is 2. The molecule has 47 heavy (non-hydrogen) atoms. The van der Waals surface area contributed by atoms with Gasteiger partial charge in [-0.3, -0.25) is 14.4 Å². The Morgan fingerprint density at radius 3 is 1.94 bits per heavy atom. The Bertz CT molecular complexity index is 1180. The van der Waals surface area contributed by atoms with Crippen LogP contribution >= 0.6 is 0 Å². The van der Waals surface area contributed by atoms with Crippen molar-refractivity contribution in [1.82, 2.24) is 0 Å². The second-order valence-corrected chi connectivity index (χ2v) is 16.1. The second-order valence-electron chi connectivity index (χ2n) is 16.1. The van der Waals surface area contributed by atoms with E-state index in [1.807, 2.05) is 13.0 Å². The molecule has 0 aromatic carbocycles. The molecule has 0 bridgehead atoms. The number of hydrogen-bond acceptors (Lipinski definition) is 7. The average Bonchev–Trinajstić information content (AvgIpc) is 3.42. The number of unbranched alkanes of at least 4 members (excludes halogenated alkanes) is 12. The van der Waals surface area contributed by atoms with E-state index in [1.165, 1.54) is 51.4 Å². The van der Waals surface area contributed by atoms with Gasteiger partial charge in [0.1, 0.15) is 17.8 Å². The van der Waals surface area contributed by atoms with Gasteiger partial charge in [-0.05, 0) is 43.3 Å². The van der Waals surface area contributed by atoms with E-state index in [1.54, 1.807) is 13.0 Å². The highest BCUT2D eigenvalue weighted by atomic mass is 16.6. The van der Waals surface area contributed by atoms with Crippen LogP contribution in [0, 0.1) is 29.1 Å². The van der Waals surface area contributed by atoms with E-state index in [0.717, 1.165) is 38.5 Å². The molecule has 0 unspecified atom stereocenters. The molecule has 4 aliphatic carbocycles. The van der Waals surface area contributed by atoms with Gasteiger partial charge in [-0.2, -0.15) is 0 Å². The fourth-order valence-corrected chi connectivity index (χ4v) is 9.54. The topological polar surface area (TPSA) is 110 Å². The van der Waals surface area contributed by atoms with E-state index in [-0.39, 0.29) is 42.6 Å². The van der Waals surface area contributed by atoms with E-state index in [4.69, 9.17) is 9.47 Å². The van der Waals surface area contributed by atoms with Gasteiger partial charge in [0.15, 0.2) is 5.78 Å².